The molecule has 1 unspecified atom stereocenters. The Morgan fingerprint density at radius 1 is 1.08 bits per heavy atom. The standard InChI is InChI=1S/C18H27N3O4/c1-3-4-5-6-16(23)19-11-17(24)20-13(2)18(25)21-15-9-7-14(12-22)8-10-15/h7-10,13,22H,3-6,11-12H2,1-2H3,(H,19,23)(H,20,24)(H,21,25). The fourth-order valence-corrected chi connectivity index (χ4v) is 2.10. The van der Waals surface area contributed by atoms with Crippen LogP contribution in [0.3, 0.4) is 0 Å². The van der Waals surface area contributed by atoms with Crippen molar-refractivity contribution in [3.8, 4) is 0 Å². The Morgan fingerprint density at radius 2 is 1.76 bits per heavy atom. The van der Waals surface area contributed by atoms with E-state index in [2.05, 4.69) is 22.9 Å². The van der Waals surface area contributed by atoms with Gasteiger partial charge in [0, 0.05) is 12.1 Å². The lowest BCUT2D eigenvalue weighted by molar-refractivity contribution is -0.128. The first-order chi connectivity index (χ1) is 12.0. The minimum atomic E-state index is -0.734. The van der Waals surface area contributed by atoms with Crippen LogP contribution in [0.5, 0.6) is 0 Å². The molecule has 0 heterocycles. The molecule has 1 rings (SSSR count). The van der Waals surface area contributed by atoms with Gasteiger partial charge in [0.2, 0.25) is 17.7 Å². The normalized spacial score (nSPS) is 11.5. The molecule has 0 aliphatic carbocycles. The van der Waals surface area contributed by atoms with Crippen LogP contribution in [0.15, 0.2) is 24.3 Å². The van der Waals surface area contributed by atoms with Gasteiger partial charge < -0.3 is 21.1 Å². The van der Waals surface area contributed by atoms with Crippen molar-refractivity contribution in [1.82, 2.24) is 10.6 Å². The van der Waals surface area contributed by atoms with Crippen molar-refractivity contribution in [2.24, 2.45) is 0 Å². The third-order valence-electron chi connectivity index (χ3n) is 3.63. The van der Waals surface area contributed by atoms with Crippen molar-refractivity contribution < 1.29 is 19.5 Å². The predicted molar refractivity (Wildman–Crippen MR) is 95.8 cm³/mol. The zero-order chi connectivity index (χ0) is 18.7. The quantitative estimate of drug-likeness (QED) is 0.478. The summed E-state index contributed by atoms with van der Waals surface area (Å²) in [6, 6.07) is 6.02. The predicted octanol–water partition coefficient (Wildman–Crippen LogP) is 1.32. The summed E-state index contributed by atoms with van der Waals surface area (Å²) >= 11 is 0. The monoisotopic (exact) mass is 349 g/mol. The summed E-state index contributed by atoms with van der Waals surface area (Å²) in [6.45, 7) is 3.41. The molecule has 0 aliphatic heterocycles. The van der Waals surface area contributed by atoms with Crippen molar-refractivity contribution in [3.05, 3.63) is 29.8 Å². The Balaban J connectivity index is 2.33. The van der Waals surface area contributed by atoms with E-state index in [1.165, 1.54) is 0 Å². The summed E-state index contributed by atoms with van der Waals surface area (Å²) in [5.41, 5.74) is 1.32. The first-order valence-corrected chi connectivity index (χ1v) is 8.53. The number of benzene rings is 1. The molecule has 3 amide bonds. The summed E-state index contributed by atoms with van der Waals surface area (Å²) < 4.78 is 0. The molecule has 0 saturated heterocycles. The van der Waals surface area contributed by atoms with Crippen molar-refractivity contribution in [2.45, 2.75) is 52.2 Å². The molecule has 0 aromatic heterocycles. The SMILES string of the molecule is CCCCCC(=O)NCC(=O)NC(C)C(=O)Nc1ccc(CO)cc1. The van der Waals surface area contributed by atoms with E-state index < -0.39 is 11.9 Å². The molecular weight excluding hydrogens is 322 g/mol. The molecule has 1 aromatic rings. The maximum absolute atomic E-state index is 12.1. The molecule has 1 atom stereocenters. The number of hydrogen-bond donors (Lipinski definition) is 4. The Bertz CT molecular complexity index is 572. The molecule has 0 bridgehead atoms. The van der Waals surface area contributed by atoms with Crippen LogP contribution in [0.25, 0.3) is 0 Å². The van der Waals surface area contributed by atoms with Crippen LogP contribution in [-0.4, -0.2) is 35.4 Å². The van der Waals surface area contributed by atoms with E-state index in [9.17, 15) is 14.4 Å². The molecule has 138 valence electrons. The highest BCUT2D eigenvalue weighted by molar-refractivity contribution is 5.97. The molecular formula is C18H27N3O4. The average Bonchev–Trinajstić information content (AvgIpc) is 2.60. The van der Waals surface area contributed by atoms with E-state index >= 15 is 0 Å². The second kappa shape index (κ2) is 11.2. The van der Waals surface area contributed by atoms with Gasteiger partial charge in [0.25, 0.3) is 0 Å². The number of carbonyl (C=O) groups excluding carboxylic acids is 3. The molecule has 7 nitrogen and oxygen atoms in total. The fourth-order valence-electron chi connectivity index (χ4n) is 2.10. The van der Waals surface area contributed by atoms with Crippen LogP contribution in [0.4, 0.5) is 5.69 Å². The van der Waals surface area contributed by atoms with E-state index in [4.69, 9.17) is 5.11 Å². The molecule has 0 saturated carbocycles. The Morgan fingerprint density at radius 3 is 2.36 bits per heavy atom. The van der Waals surface area contributed by atoms with Gasteiger partial charge in [-0.1, -0.05) is 31.9 Å². The van der Waals surface area contributed by atoms with Crippen molar-refractivity contribution >= 4 is 23.4 Å². The molecule has 0 radical (unpaired) electrons. The van der Waals surface area contributed by atoms with Crippen LogP contribution in [0.2, 0.25) is 0 Å². The second-order valence-corrected chi connectivity index (χ2v) is 5.87. The highest BCUT2D eigenvalue weighted by atomic mass is 16.3. The minimum absolute atomic E-state index is 0.0646. The Kier molecular flexibility index (Phi) is 9.24. The first-order valence-electron chi connectivity index (χ1n) is 8.53. The van der Waals surface area contributed by atoms with Crippen molar-refractivity contribution in [1.29, 1.82) is 0 Å². The number of anilines is 1. The van der Waals surface area contributed by atoms with E-state index in [0.29, 0.717) is 12.1 Å². The number of carbonyl (C=O) groups is 3. The molecule has 0 spiro atoms. The summed E-state index contributed by atoms with van der Waals surface area (Å²) in [4.78, 5) is 35.4. The van der Waals surface area contributed by atoms with E-state index in [0.717, 1.165) is 24.8 Å². The lowest BCUT2D eigenvalue weighted by Gasteiger charge is -2.14. The van der Waals surface area contributed by atoms with Crippen molar-refractivity contribution in [2.75, 3.05) is 11.9 Å². The Labute approximate surface area is 148 Å². The maximum atomic E-state index is 12.1. The molecule has 7 heteroatoms. The zero-order valence-corrected chi connectivity index (χ0v) is 14.8. The number of aliphatic hydroxyl groups excluding tert-OH is 1. The van der Waals surface area contributed by atoms with Gasteiger partial charge in [0.05, 0.1) is 13.2 Å². The highest BCUT2D eigenvalue weighted by Crippen LogP contribution is 2.09. The Hall–Kier alpha value is -2.41. The average molecular weight is 349 g/mol. The lowest BCUT2D eigenvalue weighted by Crippen LogP contribution is -2.45. The highest BCUT2D eigenvalue weighted by Gasteiger charge is 2.16. The molecule has 0 aliphatic rings. The summed E-state index contributed by atoms with van der Waals surface area (Å²) in [6.07, 6.45) is 3.22. The van der Waals surface area contributed by atoms with Crippen molar-refractivity contribution in [3.63, 3.8) is 0 Å². The third kappa shape index (κ3) is 8.30. The van der Waals surface area contributed by atoms with Gasteiger partial charge in [-0.3, -0.25) is 14.4 Å². The van der Waals surface area contributed by atoms with Gasteiger partial charge >= 0.3 is 0 Å². The molecule has 1 aromatic carbocycles. The zero-order valence-electron chi connectivity index (χ0n) is 14.8. The summed E-state index contributed by atoms with van der Waals surface area (Å²) in [7, 11) is 0. The third-order valence-corrected chi connectivity index (χ3v) is 3.63. The topological polar surface area (TPSA) is 108 Å². The second-order valence-electron chi connectivity index (χ2n) is 5.87. The number of nitrogens with one attached hydrogen (secondary N) is 3. The molecule has 4 N–H and O–H groups in total. The minimum Gasteiger partial charge on any atom is -0.392 e. The number of amides is 3. The van der Waals surface area contributed by atoms with Gasteiger partial charge in [-0.25, -0.2) is 0 Å². The van der Waals surface area contributed by atoms with Gasteiger partial charge in [-0.2, -0.15) is 0 Å². The summed E-state index contributed by atoms with van der Waals surface area (Å²) in [5.74, 6) is -0.939. The number of rotatable bonds is 10. The van der Waals surface area contributed by atoms with E-state index in [-0.39, 0.29) is 25.0 Å². The molecule has 0 fully saturated rings. The lowest BCUT2D eigenvalue weighted by atomic mass is 10.2. The van der Waals surface area contributed by atoms with Crippen LogP contribution in [0, 0.1) is 0 Å². The van der Waals surface area contributed by atoms with Crippen LogP contribution < -0.4 is 16.0 Å². The van der Waals surface area contributed by atoms with Gasteiger partial charge in [0.1, 0.15) is 6.04 Å². The number of hydrogen-bond acceptors (Lipinski definition) is 4. The largest absolute Gasteiger partial charge is 0.392 e. The van der Waals surface area contributed by atoms with Gasteiger partial charge in [0.15, 0.2) is 0 Å². The summed E-state index contributed by atoms with van der Waals surface area (Å²) in [5, 5.41) is 16.7. The fraction of sp³-hybridized carbons (Fsp3) is 0.500. The molecule has 25 heavy (non-hydrogen) atoms. The van der Waals surface area contributed by atoms with Gasteiger partial charge in [-0.15, -0.1) is 0 Å². The smallest absolute Gasteiger partial charge is 0.246 e. The van der Waals surface area contributed by atoms with Crippen LogP contribution in [0.1, 0.15) is 45.1 Å². The number of unbranched alkanes of at least 4 members (excludes halogenated alkanes) is 2. The number of aliphatic hydroxyl groups is 1. The maximum Gasteiger partial charge on any atom is 0.246 e. The van der Waals surface area contributed by atoms with Crippen LogP contribution in [-0.2, 0) is 21.0 Å². The van der Waals surface area contributed by atoms with E-state index in [1.807, 2.05) is 0 Å². The first kappa shape index (κ1) is 20.6. The van der Waals surface area contributed by atoms with Gasteiger partial charge in [-0.05, 0) is 31.0 Å². The van der Waals surface area contributed by atoms with Crippen LogP contribution >= 0.6 is 0 Å². The van der Waals surface area contributed by atoms with E-state index in [1.54, 1.807) is 31.2 Å².